The second-order valence-electron chi connectivity index (χ2n) is 5.23. The zero-order chi connectivity index (χ0) is 14.9. The van der Waals surface area contributed by atoms with Gasteiger partial charge in [-0.3, -0.25) is 4.98 Å². The maximum Gasteiger partial charge on any atom is 0.119 e. The lowest BCUT2D eigenvalue weighted by atomic mass is 10.1. The molecule has 1 heterocycles. The van der Waals surface area contributed by atoms with Crippen molar-refractivity contribution in [3.63, 3.8) is 0 Å². The number of nitrogens with zero attached hydrogens (tertiary/aromatic N) is 1. The number of rotatable bonds is 8. The van der Waals surface area contributed by atoms with E-state index in [2.05, 4.69) is 36.3 Å². The van der Waals surface area contributed by atoms with E-state index in [0.717, 1.165) is 31.7 Å². The van der Waals surface area contributed by atoms with E-state index >= 15 is 0 Å². The summed E-state index contributed by atoms with van der Waals surface area (Å²) in [6.07, 6.45) is 5.92. The Bertz CT molecular complexity index is 511. The summed E-state index contributed by atoms with van der Waals surface area (Å²) >= 11 is 0. The predicted molar refractivity (Wildman–Crippen MR) is 86.3 cm³/mol. The Hall–Kier alpha value is -1.87. The minimum atomic E-state index is 0.313. The molecule has 21 heavy (non-hydrogen) atoms. The van der Waals surface area contributed by atoms with Crippen LogP contribution in [0.1, 0.15) is 43.9 Å². The molecule has 0 spiro atoms. The average Bonchev–Trinajstić information content (AvgIpc) is 2.55. The predicted octanol–water partition coefficient (Wildman–Crippen LogP) is 4.11. The van der Waals surface area contributed by atoms with Crippen LogP contribution in [0.2, 0.25) is 0 Å². The highest BCUT2D eigenvalue weighted by Gasteiger charge is 2.04. The van der Waals surface area contributed by atoms with Gasteiger partial charge in [-0.2, -0.15) is 0 Å². The second-order valence-corrected chi connectivity index (χ2v) is 5.23. The van der Waals surface area contributed by atoms with Crippen LogP contribution in [-0.2, 0) is 6.54 Å². The monoisotopic (exact) mass is 284 g/mol. The number of unbranched alkanes of at least 4 members (excludes halogenated alkanes) is 1. The van der Waals surface area contributed by atoms with Gasteiger partial charge < -0.3 is 10.1 Å². The fourth-order valence-electron chi connectivity index (χ4n) is 2.08. The maximum absolute atomic E-state index is 5.67. The summed E-state index contributed by atoms with van der Waals surface area (Å²) < 4.78 is 5.67. The second kappa shape index (κ2) is 8.42. The number of pyridine rings is 1. The molecule has 2 rings (SSSR count). The topological polar surface area (TPSA) is 34.1 Å². The molecule has 112 valence electrons. The first-order valence-electron chi connectivity index (χ1n) is 7.64. The molecule has 3 nitrogen and oxygen atoms in total. The van der Waals surface area contributed by atoms with E-state index in [1.165, 1.54) is 11.1 Å². The quantitative estimate of drug-likeness (QED) is 0.741. The molecule has 0 aliphatic heterocycles. The SMILES string of the molecule is CCCCOc1ccc(CN[C@@H](C)c2ccncc2)cc1. The third kappa shape index (κ3) is 5.20. The van der Waals surface area contributed by atoms with Gasteiger partial charge in [-0.15, -0.1) is 0 Å². The van der Waals surface area contributed by atoms with E-state index in [4.69, 9.17) is 4.74 Å². The van der Waals surface area contributed by atoms with Crippen LogP contribution in [0.4, 0.5) is 0 Å². The lowest BCUT2D eigenvalue weighted by molar-refractivity contribution is 0.309. The van der Waals surface area contributed by atoms with Gasteiger partial charge in [0.2, 0.25) is 0 Å². The van der Waals surface area contributed by atoms with Crippen molar-refractivity contribution in [1.82, 2.24) is 10.3 Å². The van der Waals surface area contributed by atoms with Crippen molar-refractivity contribution in [2.45, 2.75) is 39.3 Å². The van der Waals surface area contributed by atoms with Gasteiger partial charge in [-0.05, 0) is 48.7 Å². The van der Waals surface area contributed by atoms with Crippen LogP contribution in [0.3, 0.4) is 0 Å². The number of nitrogens with one attached hydrogen (secondary N) is 1. The highest BCUT2D eigenvalue weighted by Crippen LogP contribution is 2.15. The molecular formula is C18H24N2O. The fraction of sp³-hybridized carbons (Fsp3) is 0.389. The number of ether oxygens (including phenoxy) is 1. The van der Waals surface area contributed by atoms with Crippen LogP contribution >= 0.6 is 0 Å². The molecule has 0 radical (unpaired) electrons. The first-order chi connectivity index (χ1) is 10.3. The number of hydrogen-bond donors (Lipinski definition) is 1. The number of hydrogen-bond acceptors (Lipinski definition) is 3. The zero-order valence-electron chi connectivity index (χ0n) is 12.9. The third-order valence-electron chi connectivity index (χ3n) is 3.51. The van der Waals surface area contributed by atoms with Crippen LogP contribution in [0.5, 0.6) is 5.75 Å². The van der Waals surface area contributed by atoms with Gasteiger partial charge in [0, 0.05) is 25.0 Å². The minimum absolute atomic E-state index is 0.313. The lowest BCUT2D eigenvalue weighted by Crippen LogP contribution is -2.18. The zero-order valence-corrected chi connectivity index (χ0v) is 12.9. The Morgan fingerprint density at radius 2 is 1.81 bits per heavy atom. The Morgan fingerprint density at radius 1 is 1.10 bits per heavy atom. The van der Waals surface area contributed by atoms with Gasteiger partial charge in [0.1, 0.15) is 5.75 Å². The van der Waals surface area contributed by atoms with E-state index in [0.29, 0.717) is 6.04 Å². The van der Waals surface area contributed by atoms with Crippen molar-refractivity contribution in [3.8, 4) is 5.75 Å². The highest BCUT2D eigenvalue weighted by atomic mass is 16.5. The van der Waals surface area contributed by atoms with Gasteiger partial charge in [-0.1, -0.05) is 25.5 Å². The van der Waals surface area contributed by atoms with Crippen molar-refractivity contribution >= 4 is 0 Å². The minimum Gasteiger partial charge on any atom is -0.494 e. The fourth-order valence-corrected chi connectivity index (χ4v) is 2.08. The van der Waals surface area contributed by atoms with Crippen molar-refractivity contribution in [2.75, 3.05) is 6.61 Å². The molecule has 0 bridgehead atoms. The molecule has 0 saturated heterocycles. The standard InChI is InChI=1S/C18H24N2O/c1-3-4-13-21-18-7-5-16(6-8-18)14-20-15(2)17-9-11-19-12-10-17/h5-12,15,20H,3-4,13-14H2,1-2H3/t15-/m0/s1. The molecule has 0 amide bonds. The van der Waals surface area contributed by atoms with Crippen molar-refractivity contribution in [1.29, 1.82) is 0 Å². The van der Waals surface area contributed by atoms with Crippen LogP contribution in [-0.4, -0.2) is 11.6 Å². The van der Waals surface area contributed by atoms with Gasteiger partial charge in [-0.25, -0.2) is 0 Å². The third-order valence-corrected chi connectivity index (χ3v) is 3.51. The summed E-state index contributed by atoms with van der Waals surface area (Å²) in [6.45, 7) is 5.98. The van der Waals surface area contributed by atoms with Crippen LogP contribution in [0, 0.1) is 0 Å². The summed E-state index contributed by atoms with van der Waals surface area (Å²) in [5.41, 5.74) is 2.52. The van der Waals surface area contributed by atoms with Gasteiger partial charge in [0.25, 0.3) is 0 Å². The lowest BCUT2D eigenvalue weighted by Gasteiger charge is -2.14. The van der Waals surface area contributed by atoms with Crippen LogP contribution in [0.25, 0.3) is 0 Å². The van der Waals surface area contributed by atoms with Crippen molar-refractivity contribution < 1.29 is 4.74 Å². The summed E-state index contributed by atoms with van der Waals surface area (Å²) in [5.74, 6) is 0.953. The van der Waals surface area contributed by atoms with Crippen LogP contribution in [0.15, 0.2) is 48.8 Å². The molecule has 1 aromatic carbocycles. The van der Waals surface area contributed by atoms with Crippen molar-refractivity contribution in [2.24, 2.45) is 0 Å². The summed E-state index contributed by atoms with van der Waals surface area (Å²) in [5, 5.41) is 3.52. The first kappa shape index (κ1) is 15.5. The Kier molecular flexibility index (Phi) is 6.22. The molecule has 1 atom stereocenters. The van der Waals surface area contributed by atoms with E-state index in [9.17, 15) is 0 Å². The number of aromatic nitrogens is 1. The molecule has 1 N–H and O–H groups in total. The molecule has 0 saturated carbocycles. The van der Waals surface area contributed by atoms with E-state index in [1.807, 2.05) is 36.7 Å². The summed E-state index contributed by atoms with van der Waals surface area (Å²) in [6, 6.07) is 12.7. The molecule has 3 heteroatoms. The maximum atomic E-state index is 5.67. The molecule has 0 unspecified atom stereocenters. The Balaban J connectivity index is 1.80. The molecule has 2 aromatic rings. The van der Waals surface area contributed by atoms with E-state index in [-0.39, 0.29) is 0 Å². The van der Waals surface area contributed by atoms with E-state index in [1.54, 1.807) is 0 Å². The first-order valence-corrected chi connectivity index (χ1v) is 7.64. The highest BCUT2D eigenvalue weighted by molar-refractivity contribution is 5.27. The normalized spacial score (nSPS) is 12.1. The largest absolute Gasteiger partial charge is 0.494 e. The summed E-state index contributed by atoms with van der Waals surface area (Å²) in [4.78, 5) is 4.04. The van der Waals surface area contributed by atoms with Crippen LogP contribution < -0.4 is 10.1 Å². The summed E-state index contributed by atoms with van der Waals surface area (Å²) in [7, 11) is 0. The van der Waals surface area contributed by atoms with Gasteiger partial charge in [0.15, 0.2) is 0 Å². The van der Waals surface area contributed by atoms with Gasteiger partial charge in [0.05, 0.1) is 6.61 Å². The molecular weight excluding hydrogens is 260 g/mol. The Labute approximate surface area is 127 Å². The molecule has 0 aliphatic carbocycles. The van der Waals surface area contributed by atoms with Gasteiger partial charge >= 0.3 is 0 Å². The van der Waals surface area contributed by atoms with E-state index < -0.39 is 0 Å². The molecule has 0 aliphatic rings. The smallest absolute Gasteiger partial charge is 0.119 e. The number of benzene rings is 1. The molecule has 0 fully saturated rings. The Morgan fingerprint density at radius 3 is 2.48 bits per heavy atom. The van der Waals surface area contributed by atoms with Crippen molar-refractivity contribution in [3.05, 3.63) is 59.9 Å². The average molecular weight is 284 g/mol. The molecule has 1 aromatic heterocycles.